The van der Waals surface area contributed by atoms with Crippen molar-refractivity contribution in [2.75, 3.05) is 12.0 Å². The Hall–Kier alpha value is -4.10. The van der Waals surface area contributed by atoms with Crippen LogP contribution < -0.4 is 9.64 Å². The predicted octanol–water partition coefficient (Wildman–Crippen LogP) is 5.27. The zero-order valence-electron chi connectivity index (χ0n) is 17.4. The molecule has 1 aliphatic heterocycles. The number of aliphatic hydroxyl groups excluding tert-OH is 1. The van der Waals surface area contributed by atoms with E-state index in [9.17, 15) is 14.7 Å². The van der Waals surface area contributed by atoms with E-state index in [2.05, 4.69) is 4.98 Å². The summed E-state index contributed by atoms with van der Waals surface area (Å²) in [5, 5.41) is 11.9. The number of methoxy groups -OCH3 is 1. The van der Waals surface area contributed by atoms with E-state index in [1.807, 2.05) is 0 Å². The number of Topliss-reactive ketones (excluding diaryl/α,β-unsaturated/α-hetero) is 1. The lowest BCUT2D eigenvalue weighted by Gasteiger charge is -2.25. The molecule has 3 heterocycles. The van der Waals surface area contributed by atoms with Crippen molar-refractivity contribution in [3.05, 3.63) is 101 Å². The first-order valence-electron chi connectivity index (χ1n) is 10.0. The molecule has 7 nitrogen and oxygen atoms in total. The molecule has 1 amide bonds. The number of amides is 1. The van der Waals surface area contributed by atoms with Crippen LogP contribution in [0.1, 0.15) is 22.2 Å². The largest absolute Gasteiger partial charge is 0.503 e. The molecule has 1 unspecified atom stereocenters. The number of para-hydroxylation sites is 1. The highest BCUT2D eigenvalue weighted by atomic mass is 35.5. The second kappa shape index (κ2) is 8.11. The second-order valence-corrected chi connectivity index (χ2v) is 7.84. The summed E-state index contributed by atoms with van der Waals surface area (Å²) in [7, 11) is 1.50. The number of pyridine rings is 1. The van der Waals surface area contributed by atoms with Crippen LogP contribution in [0, 0.1) is 0 Å². The van der Waals surface area contributed by atoms with Gasteiger partial charge in [0.15, 0.2) is 22.9 Å². The Balaban J connectivity index is 1.67. The fourth-order valence-electron chi connectivity index (χ4n) is 4.00. The van der Waals surface area contributed by atoms with Gasteiger partial charge in [0, 0.05) is 16.6 Å². The molecular formula is C25H17ClN2O5. The first-order chi connectivity index (χ1) is 16.0. The Bertz CT molecular complexity index is 1430. The van der Waals surface area contributed by atoms with Gasteiger partial charge in [0.05, 0.1) is 18.7 Å². The SMILES string of the molecule is COc1cccc2cc(C(=O)C3=C(O)C(=O)N(c4ccccn4)C3c3cccc(Cl)c3)oc12. The van der Waals surface area contributed by atoms with Crippen molar-refractivity contribution in [2.24, 2.45) is 0 Å². The van der Waals surface area contributed by atoms with E-state index < -0.39 is 23.5 Å². The van der Waals surface area contributed by atoms with E-state index in [1.54, 1.807) is 66.7 Å². The third-order valence-corrected chi connectivity index (χ3v) is 5.70. The summed E-state index contributed by atoms with van der Waals surface area (Å²) in [5.41, 5.74) is 0.821. The summed E-state index contributed by atoms with van der Waals surface area (Å²) in [5.74, 6) is -1.30. The normalized spacial score (nSPS) is 16.0. The lowest BCUT2D eigenvalue weighted by Crippen LogP contribution is -2.31. The molecule has 2 aromatic carbocycles. The van der Waals surface area contributed by atoms with Gasteiger partial charge >= 0.3 is 0 Å². The Morgan fingerprint density at radius 1 is 1.12 bits per heavy atom. The number of aliphatic hydroxyl groups is 1. The van der Waals surface area contributed by atoms with Crippen LogP contribution in [0.5, 0.6) is 5.75 Å². The average molecular weight is 461 g/mol. The molecule has 0 saturated carbocycles. The molecule has 0 spiro atoms. The number of benzene rings is 2. The molecular weight excluding hydrogens is 444 g/mol. The Kier molecular flexibility index (Phi) is 5.11. The average Bonchev–Trinajstić information content (AvgIpc) is 3.38. The highest BCUT2D eigenvalue weighted by Crippen LogP contribution is 2.42. The summed E-state index contributed by atoms with van der Waals surface area (Å²) in [4.78, 5) is 32.3. The van der Waals surface area contributed by atoms with Crippen molar-refractivity contribution in [3.8, 4) is 5.75 Å². The highest BCUT2D eigenvalue weighted by Gasteiger charge is 2.46. The minimum atomic E-state index is -0.950. The van der Waals surface area contributed by atoms with Crippen LogP contribution in [0.3, 0.4) is 0 Å². The van der Waals surface area contributed by atoms with Crippen LogP contribution in [0.25, 0.3) is 11.0 Å². The van der Waals surface area contributed by atoms with Crippen LogP contribution >= 0.6 is 11.6 Å². The number of ketones is 1. The minimum Gasteiger partial charge on any atom is -0.503 e. The molecule has 0 fully saturated rings. The van der Waals surface area contributed by atoms with Crippen LogP contribution in [-0.2, 0) is 4.79 Å². The molecule has 0 bridgehead atoms. The van der Waals surface area contributed by atoms with Gasteiger partial charge < -0.3 is 14.3 Å². The lowest BCUT2D eigenvalue weighted by molar-refractivity contribution is -0.117. The number of fused-ring (bicyclic) bond motifs is 1. The van der Waals surface area contributed by atoms with E-state index in [1.165, 1.54) is 18.2 Å². The predicted molar refractivity (Wildman–Crippen MR) is 123 cm³/mol. The molecule has 1 atom stereocenters. The molecule has 164 valence electrons. The number of carbonyl (C=O) groups is 2. The number of nitrogens with zero attached hydrogens (tertiary/aromatic N) is 2. The molecule has 5 rings (SSSR count). The van der Waals surface area contributed by atoms with Crippen LogP contribution in [0.4, 0.5) is 5.82 Å². The van der Waals surface area contributed by atoms with Gasteiger partial charge in [0.25, 0.3) is 5.91 Å². The number of rotatable bonds is 5. The number of carbonyl (C=O) groups excluding carboxylic acids is 2. The number of hydrogen-bond donors (Lipinski definition) is 1. The molecule has 1 aliphatic rings. The zero-order valence-corrected chi connectivity index (χ0v) is 18.1. The van der Waals surface area contributed by atoms with E-state index in [4.69, 9.17) is 20.8 Å². The summed E-state index contributed by atoms with van der Waals surface area (Å²) >= 11 is 6.21. The van der Waals surface area contributed by atoms with E-state index in [0.717, 1.165) is 0 Å². The topological polar surface area (TPSA) is 92.9 Å². The van der Waals surface area contributed by atoms with E-state index in [-0.39, 0.29) is 17.2 Å². The quantitative estimate of drug-likeness (QED) is 0.408. The fraction of sp³-hybridized carbons (Fsp3) is 0.0800. The van der Waals surface area contributed by atoms with Gasteiger partial charge in [0.2, 0.25) is 5.78 Å². The first-order valence-corrected chi connectivity index (χ1v) is 10.4. The third-order valence-electron chi connectivity index (χ3n) is 5.46. The molecule has 8 heteroatoms. The van der Waals surface area contributed by atoms with Gasteiger partial charge in [-0.05, 0) is 42.0 Å². The standard InChI is InChI=1S/C25H17ClN2O5/c1-32-17-9-5-7-15-13-18(33-24(15)17)22(29)20-21(14-6-4-8-16(26)12-14)28(25(31)23(20)30)19-10-2-3-11-27-19/h2-13,21,30H,1H3. The smallest absolute Gasteiger partial charge is 0.295 e. The number of halogens is 1. The summed E-state index contributed by atoms with van der Waals surface area (Å²) in [6, 6.07) is 17.7. The van der Waals surface area contributed by atoms with Crippen molar-refractivity contribution >= 4 is 40.1 Å². The second-order valence-electron chi connectivity index (χ2n) is 7.40. The van der Waals surface area contributed by atoms with Gasteiger partial charge in [-0.25, -0.2) is 4.98 Å². The molecule has 4 aromatic rings. The lowest BCUT2D eigenvalue weighted by atomic mass is 9.95. The van der Waals surface area contributed by atoms with Crippen LogP contribution in [0.2, 0.25) is 5.02 Å². The van der Waals surface area contributed by atoms with E-state index >= 15 is 0 Å². The molecule has 1 N–H and O–H groups in total. The van der Waals surface area contributed by atoms with Crippen molar-refractivity contribution in [1.82, 2.24) is 4.98 Å². The monoisotopic (exact) mass is 460 g/mol. The molecule has 0 radical (unpaired) electrons. The number of furan rings is 1. The highest BCUT2D eigenvalue weighted by molar-refractivity contribution is 6.30. The summed E-state index contributed by atoms with van der Waals surface area (Å²) in [6.45, 7) is 0. The maximum Gasteiger partial charge on any atom is 0.295 e. The zero-order chi connectivity index (χ0) is 23.1. The van der Waals surface area contributed by atoms with Crippen molar-refractivity contribution in [3.63, 3.8) is 0 Å². The van der Waals surface area contributed by atoms with Crippen molar-refractivity contribution in [1.29, 1.82) is 0 Å². The number of ether oxygens (including phenoxy) is 1. The molecule has 33 heavy (non-hydrogen) atoms. The Morgan fingerprint density at radius 2 is 1.94 bits per heavy atom. The van der Waals surface area contributed by atoms with Gasteiger partial charge in [0.1, 0.15) is 5.82 Å². The number of hydrogen-bond acceptors (Lipinski definition) is 6. The third kappa shape index (κ3) is 3.43. The molecule has 0 aliphatic carbocycles. The maximum absolute atomic E-state index is 13.6. The summed E-state index contributed by atoms with van der Waals surface area (Å²) < 4.78 is 11.1. The Labute approximate surface area is 193 Å². The molecule has 0 saturated heterocycles. The fourth-order valence-corrected chi connectivity index (χ4v) is 4.20. The number of aromatic nitrogens is 1. The number of anilines is 1. The van der Waals surface area contributed by atoms with Crippen molar-refractivity contribution in [2.45, 2.75) is 6.04 Å². The van der Waals surface area contributed by atoms with Gasteiger partial charge in [-0.1, -0.05) is 41.9 Å². The first kappa shape index (κ1) is 20.8. The van der Waals surface area contributed by atoms with E-state index in [0.29, 0.717) is 27.3 Å². The summed E-state index contributed by atoms with van der Waals surface area (Å²) in [6.07, 6.45) is 1.53. The minimum absolute atomic E-state index is 0.0289. The van der Waals surface area contributed by atoms with Gasteiger partial charge in [-0.2, -0.15) is 0 Å². The maximum atomic E-state index is 13.6. The van der Waals surface area contributed by atoms with Gasteiger partial charge in [-0.15, -0.1) is 0 Å². The molecule has 2 aromatic heterocycles. The van der Waals surface area contributed by atoms with Crippen LogP contribution in [0.15, 0.2) is 88.7 Å². The Morgan fingerprint density at radius 3 is 2.67 bits per heavy atom. The van der Waals surface area contributed by atoms with Crippen molar-refractivity contribution < 1.29 is 23.8 Å². The van der Waals surface area contributed by atoms with Gasteiger partial charge in [-0.3, -0.25) is 14.5 Å². The van der Waals surface area contributed by atoms with Crippen LogP contribution in [-0.4, -0.2) is 28.9 Å².